The summed E-state index contributed by atoms with van der Waals surface area (Å²) in [5.41, 5.74) is 2.38. The molecule has 0 radical (unpaired) electrons. The molecule has 1 amide bonds. The van der Waals surface area contributed by atoms with Crippen molar-refractivity contribution >= 4 is 49.0 Å². The van der Waals surface area contributed by atoms with Crippen LogP contribution in [0.3, 0.4) is 0 Å². The molecule has 200 valence electrons. The molecule has 0 saturated carbocycles. The van der Waals surface area contributed by atoms with Crippen LogP contribution in [0, 0.1) is 0 Å². The number of aromatic nitrogens is 2. The largest absolute Gasteiger partial charge is 0.379 e. The van der Waals surface area contributed by atoms with Gasteiger partial charge < -0.3 is 15.0 Å². The van der Waals surface area contributed by atoms with Gasteiger partial charge in [0.25, 0.3) is 5.91 Å². The molecule has 5 heterocycles. The van der Waals surface area contributed by atoms with Crippen molar-refractivity contribution in [2.75, 3.05) is 70.5 Å². The summed E-state index contributed by atoms with van der Waals surface area (Å²) >= 11 is 1.47. The fourth-order valence-corrected chi connectivity index (χ4v) is 6.78. The zero-order valence-corrected chi connectivity index (χ0v) is 22.8. The Morgan fingerprint density at radius 3 is 2.61 bits per heavy atom. The molecule has 2 saturated heterocycles. The molecule has 0 unspecified atom stereocenters. The first kappa shape index (κ1) is 25.2. The van der Waals surface area contributed by atoms with E-state index in [0.29, 0.717) is 41.7 Å². The number of anilines is 1. The van der Waals surface area contributed by atoms with Crippen LogP contribution in [0.4, 0.5) is 5.69 Å². The van der Waals surface area contributed by atoms with Gasteiger partial charge in [-0.2, -0.15) is 0 Å². The third-order valence-electron chi connectivity index (χ3n) is 7.73. The number of thiazole rings is 1. The number of carbonyl (C=O) groups excluding carboxylic acids is 1. The Hall–Kier alpha value is -3.05. The summed E-state index contributed by atoms with van der Waals surface area (Å²) in [6, 6.07) is 10.4. The van der Waals surface area contributed by atoms with E-state index in [1.54, 1.807) is 6.20 Å². The molecule has 1 aromatic carbocycles. The van der Waals surface area contributed by atoms with Crippen molar-refractivity contribution in [2.45, 2.75) is 19.9 Å². The quantitative estimate of drug-likeness (QED) is 0.407. The molecular weight excluding hydrogens is 500 g/mol. The van der Waals surface area contributed by atoms with E-state index in [1.807, 2.05) is 34.7 Å². The minimum absolute atomic E-state index is 0.204. The van der Waals surface area contributed by atoms with Crippen LogP contribution in [0.5, 0.6) is 0 Å². The number of morpholine rings is 1. The number of benzene rings is 1. The number of hydrogen-bond donors (Lipinski definition) is 1. The van der Waals surface area contributed by atoms with Gasteiger partial charge in [0.15, 0.2) is 5.65 Å². The Morgan fingerprint density at radius 2 is 1.84 bits per heavy atom. The van der Waals surface area contributed by atoms with E-state index in [4.69, 9.17) is 9.72 Å². The van der Waals surface area contributed by atoms with E-state index in [1.165, 1.54) is 11.3 Å². The first-order valence-corrected chi connectivity index (χ1v) is 14.3. The maximum Gasteiger partial charge on any atom is 0.258 e. The van der Waals surface area contributed by atoms with Crippen molar-refractivity contribution in [1.29, 1.82) is 0 Å². The molecule has 6 rings (SSSR count). The third kappa shape index (κ3) is 4.55. The molecule has 2 aliphatic rings. The second-order valence-corrected chi connectivity index (χ2v) is 11.3. The zero-order chi connectivity index (χ0) is 26.2. The van der Waals surface area contributed by atoms with Gasteiger partial charge in [-0.1, -0.05) is 12.1 Å². The molecule has 0 aliphatic carbocycles. The highest BCUT2D eigenvalue weighted by molar-refractivity contribution is 7.24. The van der Waals surface area contributed by atoms with Crippen LogP contribution in [0.15, 0.2) is 41.3 Å². The number of fused-ring (bicyclic) bond motifs is 5. The van der Waals surface area contributed by atoms with Crippen LogP contribution in [-0.2, 0) is 4.74 Å². The first-order chi connectivity index (χ1) is 18.5. The minimum atomic E-state index is -0.325. The van der Waals surface area contributed by atoms with E-state index >= 15 is 0 Å². The van der Waals surface area contributed by atoms with E-state index in [2.05, 4.69) is 33.9 Å². The topological polar surface area (TPSA) is 82.4 Å². The monoisotopic (exact) mass is 534 g/mol. The van der Waals surface area contributed by atoms with E-state index < -0.39 is 0 Å². The molecule has 0 bridgehead atoms. The summed E-state index contributed by atoms with van der Waals surface area (Å²) in [5.74, 6) is -0.325. The van der Waals surface area contributed by atoms with Crippen LogP contribution in [0.1, 0.15) is 24.2 Å². The van der Waals surface area contributed by atoms with Crippen molar-refractivity contribution in [3.05, 3.63) is 52.3 Å². The molecule has 10 heteroatoms. The van der Waals surface area contributed by atoms with Crippen molar-refractivity contribution in [2.24, 2.45) is 0 Å². The highest BCUT2D eigenvalue weighted by atomic mass is 32.1. The molecule has 1 N–H and O–H groups in total. The molecule has 9 nitrogen and oxygen atoms in total. The fourth-order valence-electron chi connectivity index (χ4n) is 5.59. The minimum Gasteiger partial charge on any atom is -0.379 e. The van der Waals surface area contributed by atoms with Gasteiger partial charge in [0.05, 0.1) is 34.5 Å². The Labute approximate surface area is 225 Å². The molecule has 38 heavy (non-hydrogen) atoms. The molecule has 3 aromatic heterocycles. The first-order valence-electron chi connectivity index (χ1n) is 13.4. The number of amides is 1. The van der Waals surface area contributed by atoms with Crippen LogP contribution in [-0.4, -0.2) is 96.7 Å². The maximum atomic E-state index is 14.2. The van der Waals surface area contributed by atoms with Crippen molar-refractivity contribution in [3.63, 3.8) is 0 Å². The summed E-state index contributed by atoms with van der Waals surface area (Å²) < 4.78 is 8.44. The Bertz CT molecular complexity index is 1530. The molecule has 0 spiro atoms. The van der Waals surface area contributed by atoms with Gasteiger partial charge in [-0.05, 0) is 32.0 Å². The lowest BCUT2D eigenvalue weighted by atomic mass is 10.1. The summed E-state index contributed by atoms with van der Waals surface area (Å²) in [4.78, 5) is 40.2. The molecule has 2 fully saturated rings. The zero-order valence-electron chi connectivity index (χ0n) is 22.0. The Kier molecular flexibility index (Phi) is 7.05. The summed E-state index contributed by atoms with van der Waals surface area (Å²) in [5, 5.41) is 3.56. The second-order valence-electron chi connectivity index (χ2n) is 10.3. The van der Waals surface area contributed by atoms with E-state index in [0.717, 1.165) is 61.7 Å². The van der Waals surface area contributed by atoms with Gasteiger partial charge in [-0.25, -0.2) is 4.98 Å². The predicted octanol–water partition coefficient (Wildman–Crippen LogP) is 2.65. The van der Waals surface area contributed by atoms with Crippen LogP contribution in [0.25, 0.3) is 26.1 Å². The number of ether oxygens (including phenoxy) is 1. The smallest absolute Gasteiger partial charge is 0.258 e. The van der Waals surface area contributed by atoms with Crippen molar-refractivity contribution in [3.8, 4) is 0 Å². The lowest BCUT2D eigenvalue weighted by Crippen LogP contribution is -2.49. The predicted molar refractivity (Wildman–Crippen MR) is 153 cm³/mol. The number of hydrogen-bond acceptors (Lipinski definition) is 8. The lowest BCUT2D eigenvalue weighted by molar-refractivity contribution is 0.0383. The SMILES string of the molecule is CC(C)N1CCN(c2ccnc3c2c(=O)c(C(=O)NCCN2CCOCC2)c2sc4ccccc4n23)CC1. The molecular formula is C28H34N6O3S. The van der Waals surface area contributed by atoms with Crippen molar-refractivity contribution in [1.82, 2.24) is 24.5 Å². The highest BCUT2D eigenvalue weighted by Gasteiger charge is 2.27. The number of carbonyl (C=O) groups is 1. The number of pyridine rings is 2. The number of rotatable bonds is 6. The average molecular weight is 535 g/mol. The second kappa shape index (κ2) is 10.6. The normalized spacial score (nSPS) is 17.7. The van der Waals surface area contributed by atoms with Gasteiger partial charge in [0, 0.05) is 64.6 Å². The van der Waals surface area contributed by atoms with Gasteiger partial charge >= 0.3 is 0 Å². The number of para-hydroxylation sites is 1. The number of piperazine rings is 1. The van der Waals surface area contributed by atoms with Crippen molar-refractivity contribution < 1.29 is 9.53 Å². The van der Waals surface area contributed by atoms with Crippen LogP contribution < -0.4 is 15.6 Å². The van der Waals surface area contributed by atoms with Gasteiger partial charge in [0.2, 0.25) is 5.43 Å². The lowest BCUT2D eigenvalue weighted by Gasteiger charge is -2.38. The standard InChI is InChI=1S/C28H34N6O3S/c1-19(2)32-11-13-33(14-12-32)21-7-8-29-26-23(21)25(35)24(27(36)30-9-10-31-15-17-37-18-16-31)28-34(26)20-5-3-4-6-22(20)38-28/h3-8,19H,9-18H2,1-2H3,(H,30,36). The third-order valence-corrected chi connectivity index (χ3v) is 8.88. The van der Waals surface area contributed by atoms with E-state index in [-0.39, 0.29) is 16.9 Å². The Morgan fingerprint density at radius 1 is 1.08 bits per heavy atom. The average Bonchev–Trinajstić information content (AvgIpc) is 3.32. The summed E-state index contributed by atoms with van der Waals surface area (Å²) in [6.07, 6.45) is 1.78. The molecule has 2 aliphatic heterocycles. The fraction of sp³-hybridized carbons (Fsp3) is 0.464. The summed E-state index contributed by atoms with van der Waals surface area (Å²) in [6.45, 7) is 12.3. The van der Waals surface area contributed by atoms with E-state index in [9.17, 15) is 9.59 Å². The highest BCUT2D eigenvalue weighted by Crippen LogP contribution is 2.33. The summed E-state index contributed by atoms with van der Waals surface area (Å²) in [7, 11) is 0. The van der Waals surface area contributed by atoms with Gasteiger partial charge in [-0.15, -0.1) is 11.3 Å². The maximum absolute atomic E-state index is 14.2. The van der Waals surface area contributed by atoms with Gasteiger partial charge in [0.1, 0.15) is 10.4 Å². The Balaban J connectivity index is 1.44. The molecule has 0 atom stereocenters. The van der Waals surface area contributed by atoms with Crippen LogP contribution >= 0.6 is 11.3 Å². The van der Waals surface area contributed by atoms with Crippen LogP contribution in [0.2, 0.25) is 0 Å². The molecule has 4 aromatic rings. The number of nitrogens with zero attached hydrogens (tertiary/aromatic N) is 5. The number of nitrogens with one attached hydrogen (secondary N) is 1. The van der Waals surface area contributed by atoms with Gasteiger partial charge in [-0.3, -0.25) is 23.8 Å².